The van der Waals surface area contributed by atoms with E-state index in [4.69, 9.17) is 14.2 Å². The molecule has 4 aromatic rings. The van der Waals surface area contributed by atoms with Crippen LogP contribution in [-0.4, -0.2) is 20.1 Å². The Kier molecular flexibility index (Phi) is 7.84. The summed E-state index contributed by atoms with van der Waals surface area (Å²) in [5.74, 6) is 1.49. The summed E-state index contributed by atoms with van der Waals surface area (Å²) in [5, 5.41) is 14.6. The Balaban J connectivity index is 1.39. The predicted octanol–water partition coefficient (Wildman–Crippen LogP) is 5.66. The second-order valence-corrected chi connectivity index (χ2v) is 8.03. The van der Waals surface area contributed by atoms with E-state index in [1.807, 2.05) is 54.6 Å². The number of benzene rings is 4. The standard InChI is InChI=1S/C30H26N2O4/c1-34-27-15-12-23(29(17-27)35-2)19-32-30(33)25(18-31)16-21-10-13-26(14-11-21)36-20-24-8-5-7-22-6-3-4-9-28(22)24/h3-17H,19-20H2,1-2H3,(H,32,33)/b25-16+. The van der Waals surface area contributed by atoms with Crippen LogP contribution in [0.4, 0.5) is 0 Å². The van der Waals surface area contributed by atoms with E-state index in [2.05, 4.69) is 29.6 Å². The molecule has 0 aliphatic heterocycles. The number of hydrogen-bond donors (Lipinski definition) is 1. The molecule has 0 bridgehead atoms. The number of nitrogens with one attached hydrogen (secondary N) is 1. The summed E-state index contributed by atoms with van der Waals surface area (Å²) in [6, 6.07) is 29.0. The lowest BCUT2D eigenvalue weighted by Gasteiger charge is -2.11. The number of nitriles is 1. The molecular weight excluding hydrogens is 452 g/mol. The third kappa shape index (κ3) is 5.83. The number of fused-ring (bicyclic) bond motifs is 1. The van der Waals surface area contributed by atoms with Crippen LogP contribution < -0.4 is 19.5 Å². The zero-order valence-corrected chi connectivity index (χ0v) is 20.2. The highest BCUT2D eigenvalue weighted by molar-refractivity contribution is 6.01. The average molecular weight is 479 g/mol. The minimum atomic E-state index is -0.466. The number of ether oxygens (including phenoxy) is 3. The molecule has 180 valence electrons. The first-order valence-corrected chi connectivity index (χ1v) is 11.4. The van der Waals surface area contributed by atoms with Gasteiger partial charge in [-0.05, 0) is 52.2 Å². The maximum absolute atomic E-state index is 12.6. The molecule has 0 spiro atoms. The highest BCUT2D eigenvalue weighted by Crippen LogP contribution is 2.25. The van der Waals surface area contributed by atoms with Crippen LogP contribution in [0, 0.1) is 11.3 Å². The van der Waals surface area contributed by atoms with Crippen LogP contribution in [0.15, 0.2) is 90.5 Å². The Labute approximate surface area is 210 Å². The summed E-state index contributed by atoms with van der Waals surface area (Å²) in [6.07, 6.45) is 1.55. The van der Waals surface area contributed by atoms with Gasteiger partial charge in [0.25, 0.3) is 5.91 Å². The first-order valence-electron chi connectivity index (χ1n) is 11.4. The Bertz CT molecular complexity index is 1430. The smallest absolute Gasteiger partial charge is 0.262 e. The number of nitrogens with zero attached hydrogens (tertiary/aromatic N) is 1. The highest BCUT2D eigenvalue weighted by Gasteiger charge is 2.11. The second-order valence-electron chi connectivity index (χ2n) is 8.03. The first-order chi connectivity index (χ1) is 17.6. The molecule has 1 N–H and O–H groups in total. The largest absolute Gasteiger partial charge is 0.497 e. The molecule has 0 fully saturated rings. The zero-order valence-electron chi connectivity index (χ0n) is 20.2. The van der Waals surface area contributed by atoms with Crippen molar-refractivity contribution in [3.8, 4) is 23.3 Å². The van der Waals surface area contributed by atoms with Gasteiger partial charge in [0.05, 0.1) is 14.2 Å². The third-order valence-corrected chi connectivity index (χ3v) is 5.76. The molecule has 0 saturated carbocycles. The fraction of sp³-hybridized carbons (Fsp3) is 0.133. The van der Waals surface area contributed by atoms with Crippen LogP contribution in [0.5, 0.6) is 17.2 Å². The molecule has 36 heavy (non-hydrogen) atoms. The quantitative estimate of drug-likeness (QED) is 0.248. The molecule has 1 amide bonds. The van der Waals surface area contributed by atoms with Crippen molar-refractivity contribution in [1.82, 2.24) is 5.32 Å². The van der Waals surface area contributed by atoms with Gasteiger partial charge in [0.2, 0.25) is 0 Å². The minimum absolute atomic E-state index is 0.00639. The van der Waals surface area contributed by atoms with Gasteiger partial charge in [0.1, 0.15) is 35.5 Å². The lowest BCUT2D eigenvalue weighted by Crippen LogP contribution is -2.24. The summed E-state index contributed by atoms with van der Waals surface area (Å²) in [7, 11) is 3.13. The van der Waals surface area contributed by atoms with Gasteiger partial charge in [0.15, 0.2) is 0 Å². The van der Waals surface area contributed by atoms with E-state index >= 15 is 0 Å². The number of amides is 1. The number of rotatable bonds is 9. The normalized spacial score (nSPS) is 11.0. The van der Waals surface area contributed by atoms with Crippen molar-refractivity contribution >= 4 is 22.8 Å². The van der Waals surface area contributed by atoms with Crippen LogP contribution in [0.2, 0.25) is 0 Å². The van der Waals surface area contributed by atoms with Crippen LogP contribution in [0.25, 0.3) is 16.8 Å². The molecule has 0 aliphatic carbocycles. The van der Waals surface area contributed by atoms with E-state index in [9.17, 15) is 10.1 Å². The van der Waals surface area contributed by atoms with Gasteiger partial charge in [0, 0.05) is 18.2 Å². The molecule has 0 unspecified atom stereocenters. The average Bonchev–Trinajstić information content (AvgIpc) is 2.93. The fourth-order valence-electron chi connectivity index (χ4n) is 3.82. The van der Waals surface area contributed by atoms with Gasteiger partial charge in [-0.2, -0.15) is 5.26 Å². The number of carbonyl (C=O) groups excluding carboxylic acids is 1. The number of carbonyl (C=O) groups is 1. The van der Waals surface area contributed by atoms with E-state index in [1.165, 1.54) is 5.39 Å². The molecule has 0 radical (unpaired) electrons. The van der Waals surface area contributed by atoms with Gasteiger partial charge < -0.3 is 19.5 Å². The maximum atomic E-state index is 12.6. The van der Waals surface area contributed by atoms with Gasteiger partial charge in [-0.25, -0.2) is 0 Å². The maximum Gasteiger partial charge on any atom is 0.262 e. The van der Waals surface area contributed by atoms with Crippen molar-refractivity contribution in [2.75, 3.05) is 14.2 Å². The SMILES string of the molecule is COc1ccc(CNC(=O)/C(C#N)=C/c2ccc(OCc3cccc4ccccc34)cc2)c(OC)c1. The van der Waals surface area contributed by atoms with E-state index in [0.29, 0.717) is 23.9 Å². The molecule has 0 saturated heterocycles. The Hall–Kier alpha value is -4.76. The lowest BCUT2D eigenvalue weighted by atomic mass is 10.1. The third-order valence-electron chi connectivity index (χ3n) is 5.76. The molecule has 6 nitrogen and oxygen atoms in total. The molecular formula is C30H26N2O4. The van der Waals surface area contributed by atoms with E-state index in [-0.39, 0.29) is 12.1 Å². The number of methoxy groups -OCH3 is 2. The molecule has 4 rings (SSSR count). The van der Waals surface area contributed by atoms with Crippen molar-refractivity contribution in [2.45, 2.75) is 13.2 Å². The molecule has 4 aromatic carbocycles. The highest BCUT2D eigenvalue weighted by atomic mass is 16.5. The molecule has 6 heteroatoms. The summed E-state index contributed by atoms with van der Waals surface area (Å²) in [4.78, 5) is 12.6. The topological polar surface area (TPSA) is 80.6 Å². The minimum Gasteiger partial charge on any atom is -0.497 e. The molecule has 0 aliphatic rings. The molecule has 0 heterocycles. The van der Waals surface area contributed by atoms with Crippen LogP contribution in [-0.2, 0) is 17.9 Å². The van der Waals surface area contributed by atoms with Crippen molar-refractivity contribution < 1.29 is 19.0 Å². The molecule has 0 aromatic heterocycles. The van der Waals surface area contributed by atoms with Crippen LogP contribution >= 0.6 is 0 Å². The van der Waals surface area contributed by atoms with Crippen molar-refractivity contribution in [2.24, 2.45) is 0 Å². The Morgan fingerprint density at radius 1 is 0.889 bits per heavy atom. The zero-order chi connectivity index (χ0) is 25.3. The number of hydrogen-bond acceptors (Lipinski definition) is 5. The van der Waals surface area contributed by atoms with Crippen molar-refractivity contribution in [3.05, 3.63) is 107 Å². The van der Waals surface area contributed by atoms with E-state index in [1.54, 1.807) is 32.4 Å². The summed E-state index contributed by atoms with van der Waals surface area (Å²) < 4.78 is 16.5. The van der Waals surface area contributed by atoms with E-state index < -0.39 is 5.91 Å². The second kappa shape index (κ2) is 11.6. The van der Waals surface area contributed by atoms with Gasteiger partial charge in [-0.15, -0.1) is 0 Å². The van der Waals surface area contributed by atoms with Gasteiger partial charge in [-0.3, -0.25) is 4.79 Å². The first kappa shape index (κ1) is 24.4. The van der Waals surface area contributed by atoms with Crippen molar-refractivity contribution in [3.63, 3.8) is 0 Å². The predicted molar refractivity (Wildman–Crippen MR) is 140 cm³/mol. The van der Waals surface area contributed by atoms with Crippen LogP contribution in [0.1, 0.15) is 16.7 Å². The Morgan fingerprint density at radius 3 is 2.39 bits per heavy atom. The monoisotopic (exact) mass is 478 g/mol. The Morgan fingerprint density at radius 2 is 1.64 bits per heavy atom. The fourth-order valence-corrected chi connectivity index (χ4v) is 3.82. The summed E-state index contributed by atoms with van der Waals surface area (Å²) >= 11 is 0. The van der Waals surface area contributed by atoms with Gasteiger partial charge >= 0.3 is 0 Å². The summed E-state index contributed by atoms with van der Waals surface area (Å²) in [6.45, 7) is 0.656. The van der Waals surface area contributed by atoms with Gasteiger partial charge in [-0.1, -0.05) is 54.6 Å². The summed E-state index contributed by atoms with van der Waals surface area (Å²) in [5.41, 5.74) is 2.61. The van der Waals surface area contributed by atoms with E-state index in [0.717, 1.165) is 22.1 Å². The van der Waals surface area contributed by atoms with Crippen molar-refractivity contribution in [1.29, 1.82) is 5.26 Å². The lowest BCUT2D eigenvalue weighted by molar-refractivity contribution is -0.117. The molecule has 0 atom stereocenters. The van der Waals surface area contributed by atoms with Crippen LogP contribution in [0.3, 0.4) is 0 Å².